The molecule has 22 heteroatoms. The SMILES string of the molecule is COc1cccc2c1C(=O)c1c(O)c3c(c(O)c1C2=O)C[C@@](O)(C(=O)CO)C[C@@H]3O[C@H]1C[C@H](NC(=O)C(CC(C)C)NC(=O)[C@H](CC(N)=O)NC(=O)[C@H](C)NC(=O)[C@H](C)N)[C@H](O)[C@H](C)O1. The molecule has 65 heavy (non-hydrogen) atoms. The summed E-state index contributed by atoms with van der Waals surface area (Å²) in [4.78, 5) is 105. The number of phenols is 2. The summed E-state index contributed by atoms with van der Waals surface area (Å²) in [5.41, 5.74) is 6.37. The van der Waals surface area contributed by atoms with Crippen molar-refractivity contribution in [2.45, 2.75) is 127 Å². The zero-order valence-electron chi connectivity index (χ0n) is 36.6. The first-order chi connectivity index (χ1) is 30.4. The third-order valence-corrected chi connectivity index (χ3v) is 11.6. The highest BCUT2D eigenvalue weighted by Crippen LogP contribution is 2.52. The summed E-state index contributed by atoms with van der Waals surface area (Å²) in [7, 11) is 1.27. The number of carbonyl (C=O) groups excluding carboxylic acids is 8. The molecule has 5 amide bonds. The number of aliphatic hydroxyl groups excluding tert-OH is 2. The zero-order valence-corrected chi connectivity index (χ0v) is 36.6. The molecule has 5 rings (SSSR count). The molecule has 1 fully saturated rings. The van der Waals surface area contributed by atoms with Crippen LogP contribution in [0.5, 0.6) is 17.2 Å². The Morgan fingerprint density at radius 3 is 2.15 bits per heavy atom. The highest BCUT2D eigenvalue weighted by atomic mass is 16.7. The van der Waals surface area contributed by atoms with Crippen molar-refractivity contribution in [3.8, 4) is 17.2 Å². The van der Waals surface area contributed by atoms with Gasteiger partial charge in [0.05, 0.1) is 54.5 Å². The van der Waals surface area contributed by atoms with Gasteiger partial charge in [0.15, 0.2) is 17.9 Å². The van der Waals surface area contributed by atoms with E-state index in [0.29, 0.717) is 0 Å². The topological polar surface area (TPSA) is 366 Å². The van der Waals surface area contributed by atoms with Gasteiger partial charge >= 0.3 is 0 Å². The Balaban J connectivity index is 1.42. The summed E-state index contributed by atoms with van der Waals surface area (Å²) in [6.45, 7) is 6.51. The average Bonchev–Trinajstić information content (AvgIpc) is 3.23. The summed E-state index contributed by atoms with van der Waals surface area (Å²) in [5.74, 6) is -8.95. The molecule has 1 aliphatic heterocycles. The van der Waals surface area contributed by atoms with Crippen LogP contribution in [0.25, 0.3) is 0 Å². The van der Waals surface area contributed by atoms with Crippen LogP contribution in [-0.4, -0.2) is 140 Å². The van der Waals surface area contributed by atoms with Crippen molar-refractivity contribution < 1.29 is 78.1 Å². The molecule has 3 aliphatic rings. The first-order valence-corrected chi connectivity index (χ1v) is 20.9. The van der Waals surface area contributed by atoms with Crippen molar-refractivity contribution in [1.82, 2.24) is 21.3 Å². The van der Waals surface area contributed by atoms with Gasteiger partial charge in [0.1, 0.15) is 53.7 Å². The lowest BCUT2D eigenvalue weighted by Crippen LogP contribution is -2.61. The normalized spacial score (nSPS) is 24.3. The summed E-state index contributed by atoms with van der Waals surface area (Å²) < 4.78 is 17.5. The fourth-order valence-electron chi connectivity index (χ4n) is 8.23. The molecule has 0 radical (unpaired) electrons. The molecular formula is C43H56N6O16. The monoisotopic (exact) mass is 912 g/mol. The number of hydrogen-bond donors (Lipinski definition) is 11. The van der Waals surface area contributed by atoms with E-state index < -0.39 is 156 Å². The number of aromatic hydroxyl groups is 2. The highest BCUT2D eigenvalue weighted by molar-refractivity contribution is 6.31. The molecule has 1 unspecified atom stereocenters. The first-order valence-electron chi connectivity index (χ1n) is 20.9. The molecule has 0 aromatic heterocycles. The lowest BCUT2D eigenvalue weighted by atomic mass is 9.72. The van der Waals surface area contributed by atoms with Gasteiger partial charge in [0.25, 0.3) is 0 Å². The van der Waals surface area contributed by atoms with Gasteiger partial charge in [-0.1, -0.05) is 26.0 Å². The first kappa shape index (κ1) is 50.0. The molecule has 2 aromatic carbocycles. The summed E-state index contributed by atoms with van der Waals surface area (Å²) in [6, 6.07) is -2.02. The van der Waals surface area contributed by atoms with Crippen LogP contribution in [0.4, 0.5) is 0 Å². The number of benzene rings is 2. The number of fused-ring (bicyclic) bond motifs is 3. The van der Waals surface area contributed by atoms with Crippen LogP contribution in [0.1, 0.15) is 109 Å². The molecule has 354 valence electrons. The number of Topliss-reactive ketones (excluding diaryl/α,β-unsaturated/α-hetero) is 1. The lowest BCUT2D eigenvalue weighted by molar-refractivity contribution is -0.249. The fourth-order valence-corrected chi connectivity index (χ4v) is 8.23. The second-order valence-electron chi connectivity index (χ2n) is 17.1. The maximum absolute atomic E-state index is 14.0. The van der Waals surface area contributed by atoms with Crippen molar-refractivity contribution in [2.24, 2.45) is 17.4 Å². The minimum absolute atomic E-state index is 0.0113. The van der Waals surface area contributed by atoms with Crippen LogP contribution in [0, 0.1) is 5.92 Å². The number of nitrogens with one attached hydrogen (secondary N) is 4. The van der Waals surface area contributed by atoms with Gasteiger partial charge in [0, 0.05) is 36.0 Å². The van der Waals surface area contributed by atoms with Crippen molar-refractivity contribution >= 4 is 46.9 Å². The van der Waals surface area contributed by atoms with Crippen LogP contribution in [0.15, 0.2) is 18.2 Å². The minimum Gasteiger partial charge on any atom is -0.507 e. The van der Waals surface area contributed by atoms with E-state index in [1.807, 2.05) is 0 Å². The maximum atomic E-state index is 14.0. The van der Waals surface area contributed by atoms with E-state index >= 15 is 0 Å². The van der Waals surface area contributed by atoms with Crippen LogP contribution in [-0.2, 0) is 44.7 Å². The van der Waals surface area contributed by atoms with Gasteiger partial charge in [0.2, 0.25) is 35.3 Å². The molecule has 0 spiro atoms. The summed E-state index contributed by atoms with van der Waals surface area (Å²) >= 11 is 0. The van der Waals surface area contributed by atoms with E-state index in [1.165, 1.54) is 46.1 Å². The molecule has 13 N–H and O–H groups in total. The Kier molecular flexibility index (Phi) is 15.4. The number of methoxy groups -OCH3 is 1. The standard InChI is InChI=1S/C43H56N6O16/c1-16(2)10-23(49-42(61)24(11-28(45)52)48-40(59)18(4)46-39(58)17(3)44)41(60)47-22-12-29(64-19(5)34(22)53)65-26-14-43(62,27(51)15-50)13-21-31(26)38(57)33-32(36(21)55)35(54)20-8-7-9-25(63-6)30(20)37(33)56/h7-9,16-19,22-24,26,29,34,50,53,55,57,62H,10-15,44H2,1-6H3,(H2,45,52)(H,46,58)(H,47,60)(H,48,59)(H,49,61)/t17-,18-,19-,22-,23?,24-,26-,29-,34+,43-/m0/s1. The maximum Gasteiger partial charge on any atom is 0.243 e. The number of carbonyl (C=O) groups is 8. The Labute approximate surface area is 372 Å². The molecule has 2 aromatic rings. The van der Waals surface area contributed by atoms with Gasteiger partial charge in [-0.3, -0.25) is 38.4 Å². The van der Waals surface area contributed by atoms with Crippen LogP contribution in [0.3, 0.4) is 0 Å². The number of ether oxygens (including phenoxy) is 3. The second-order valence-corrected chi connectivity index (χ2v) is 17.1. The number of primary amides is 1. The van der Waals surface area contributed by atoms with Crippen LogP contribution >= 0.6 is 0 Å². The summed E-state index contributed by atoms with van der Waals surface area (Å²) in [6.07, 6.45) is -7.89. The molecular weight excluding hydrogens is 856 g/mol. The highest BCUT2D eigenvalue weighted by Gasteiger charge is 2.50. The van der Waals surface area contributed by atoms with Crippen molar-refractivity contribution in [3.05, 3.63) is 51.6 Å². The number of ketones is 3. The van der Waals surface area contributed by atoms with Gasteiger partial charge in [-0.05, 0) is 39.2 Å². The largest absolute Gasteiger partial charge is 0.507 e. The third-order valence-electron chi connectivity index (χ3n) is 11.6. The second kappa shape index (κ2) is 20.0. The van der Waals surface area contributed by atoms with Gasteiger partial charge in [-0.15, -0.1) is 0 Å². The van der Waals surface area contributed by atoms with E-state index in [1.54, 1.807) is 13.8 Å². The van der Waals surface area contributed by atoms with E-state index in [9.17, 15) is 63.9 Å². The molecule has 2 aliphatic carbocycles. The number of aliphatic hydroxyl groups is 3. The van der Waals surface area contributed by atoms with Crippen molar-refractivity contribution in [3.63, 3.8) is 0 Å². The fraction of sp³-hybridized carbons (Fsp3) is 0.535. The third kappa shape index (κ3) is 10.4. The predicted octanol–water partition coefficient (Wildman–Crippen LogP) is -2.10. The average molecular weight is 913 g/mol. The van der Waals surface area contributed by atoms with Crippen molar-refractivity contribution in [2.75, 3.05) is 13.7 Å². The molecule has 22 nitrogen and oxygen atoms in total. The molecule has 0 bridgehead atoms. The van der Waals surface area contributed by atoms with E-state index in [2.05, 4.69) is 21.3 Å². The van der Waals surface area contributed by atoms with Crippen LogP contribution in [0.2, 0.25) is 0 Å². The smallest absolute Gasteiger partial charge is 0.243 e. The number of nitrogens with two attached hydrogens (primary N) is 2. The van der Waals surface area contributed by atoms with Gasteiger partial charge in [-0.2, -0.15) is 0 Å². The zero-order chi connectivity index (χ0) is 48.4. The quantitative estimate of drug-likeness (QED) is 0.0646. The molecule has 0 saturated carbocycles. The molecule has 10 atom stereocenters. The number of phenolic OH excluding ortho intramolecular Hbond substituents is 2. The number of amides is 5. The Morgan fingerprint density at radius 1 is 0.908 bits per heavy atom. The minimum atomic E-state index is -2.44. The molecule has 1 saturated heterocycles. The Bertz CT molecular complexity index is 2270. The predicted molar refractivity (Wildman–Crippen MR) is 224 cm³/mol. The van der Waals surface area contributed by atoms with E-state index in [4.69, 9.17) is 25.7 Å². The Morgan fingerprint density at radius 2 is 1.55 bits per heavy atom. The van der Waals surface area contributed by atoms with E-state index in [0.717, 1.165) is 0 Å². The van der Waals surface area contributed by atoms with Gasteiger partial charge in [-0.25, -0.2) is 0 Å². The molecule has 1 heterocycles. The lowest BCUT2D eigenvalue weighted by Gasteiger charge is -2.43. The van der Waals surface area contributed by atoms with Crippen LogP contribution < -0.4 is 37.5 Å². The number of hydrogen-bond acceptors (Lipinski definition) is 17. The Hall–Kier alpha value is -6.04. The number of rotatable bonds is 17. The van der Waals surface area contributed by atoms with E-state index in [-0.39, 0.29) is 46.8 Å². The summed E-state index contributed by atoms with van der Waals surface area (Å²) in [5, 5.41) is 66.2. The van der Waals surface area contributed by atoms with Crippen molar-refractivity contribution in [1.29, 1.82) is 0 Å². The van der Waals surface area contributed by atoms with Gasteiger partial charge < -0.3 is 72.5 Å².